The van der Waals surface area contributed by atoms with Crippen LogP contribution in [0.4, 0.5) is 26.3 Å². The van der Waals surface area contributed by atoms with E-state index in [1.807, 2.05) is 0 Å². The molecule has 0 saturated carbocycles. The van der Waals surface area contributed by atoms with Crippen LogP contribution in [0.15, 0.2) is 42.6 Å². The van der Waals surface area contributed by atoms with Gasteiger partial charge in [-0.3, -0.25) is 14.7 Å². The van der Waals surface area contributed by atoms with Crippen LogP contribution < -0.4 is 5.73 Å². The Morgan fingerprint density at radius 2 is 1.72 bits per heavy atom. The van der Waals surface area contributed by atoms with Gasteiger partial charge >= 0.3 is 12.4 Å². The molecule has 1 saturated heterocycles. The summed E-state index contributed by atoms with van der Waals surface area (Å²) in [6.45, 7) is 0.349. The summed E-state index contributed by atoms with van der Waals surface area (Å²) in [4.78, 5) is 17.0. The van der Waals surface area contributed by atoms with Gasteiger partial charge in [-0.2, -0.15) is 26.3 Å². The quantitative estimate of drug-likeness (QED) is 0.765. The van der Waals surface area contributed by atoms with E-state index in [4.69, 9.17) is 5.73 Å². The van der Waals surface area contributed by atoms with Crippen LogP contribution in [0.2, 0.25) is 0 Å². The summed E-state index contributed by atoms with van der Waals surface area (Å²) in [5, 5.41) is 0. The Bertz CT molecular complexity index is 879. The highest BCUT2D eigenvalue weighted by Crippen LogP contribution is 2.40. The molecule has 156 valence electrons. The molecule has 1 aromatic heterocycles. The minimum Gasteiger partial charge on any atom is -0.369 e. The van der Waals surface area contributed by atoms with Gasteiger partial charge in [-0.25, -0.2) is 0 Å². The number of carbonyl (C=O) groups excluding carboxylic acids is 1. The van der Waals surface area contributed by atoms with Crippen LogP contribution in [0, 0.1) is 5.92 Å². The third kappa shape index (κ3) is 4.52. The number of pyridine rings is 1. The van der Waals surface area contributed by atoms with Gasteiger partial charge in [-0.05, 0) is 42.8 Å². The number of carbonyl (C=O) groups is 1. The van der Waals surface area contributed by atoms with Gasteiger partial charge in [0.2, 0.25) is 5.91 Å². The maximum absolute atomic E-state index is 13.6. The van der Waals surface area contributed by atoms with E-state index in [1.165, 1.54) is 6.20 Å². The number of likely N-dealkylation sites (tertiary alicyclic amines) is 1. The fraction of sp³-hybridized carbons (Fsp3) is 0.368. The van der Waals surface area contributed by atoms with Gasteiger partial charge in [0.05, 0.1) is 28.8 Å². The SMILES string of the molecule is NC(=O)C1CCN([C@@H](c2ccc(C(F)(F)F)cc2)c2ncccc2C(F)(F)F)C1. The Hall–Kier alpha value is -2.62. The van der Waals surface area contributed by atoms with Crippen LogP contribution >= 0.6 is 0 Å². The second-order valence-electron chi connectivity index (χ2n) is 6.84. The normalized spacial score (nSPS) is 19.3. The molecule has 0 aliphatic carbocycles. The zero-order valence-corrected chi connectivity index (χ0v) is 15.0. The molecule has 3 rings (SSSR count). The van der Waals surface area contributed by atoms with E-state index in [0.717, 1.165) is 36.4 Å². The third-order valence-corrected chi connectivity index (χ3v) is 4.94. The maximum atomic E-state index is 13.6. The molecular formula is C19H17F6N3O. The van der Waals surface area contributed by atoms with Gasteiger partial charge in [0, 0.05) is 12.7 Å². The summed E-state index contributed by atoms with van der Waals surface area (Å²) in [6, 6.07) is 4.87. The molecule has 1 aromatic carbocycles. The Morgan fingerprint density at radius 1 is 1.07 bits per heavy atom. The van der Waals surface area contributed by atoms with E-state index in [9.17, 15) is 31.1 Å². The lowest BCUT2D eigenvalue weighted by atomic mass is 9.96. The number of nitrogens with zero attached hydrogens (tertiary/aromatic N) is 2. The van der Waals surface area contributed by atoms with Gasteiger partial charge in [0.15, 0.2) is 0 Å². The van der Waals surface area contributed by atoms with Crippen LogP contribution in [-0.2, 0) is 17.1 Å². The number of rotatable bonds is 4. The van der Waals surface area contributed by atoms with Crippen molar-refractivity contribution in [2.75, 3.05) is 13.1 Å². The lowest BCUT2D eigenvalue weighted by molar-refractivity contribution is -0.139. The predicted octanol–water partition coefficient (Wildman–Crippen LogP) is 4.02. The highest BCUT2D eigenvalue weighted by Gasteiger charge is 2.40. The summed E-state index contributed by atoms with van der Waals surface area (Å²) >= 11 is 0. The molecule has 0 bridgehead atoms. The third-order valence-electron chi connectivity index (χ3n) is 4.94. The number of alkyl halides is 6. The van der Waals surface area contributed by atoms with E-state index in [2.05, 4.69) is 4.98 Å². The van der Waals surface area contributed by atoms with Gasteiger partial charge in [0.25, 0.3) is 0 Å². The van der Waals surface area contributed by atoms with E-state index in [0.29, 0.717) is 6.42 Å². The minimum absolute atomic E-state index is 0.0922. The smallest absolute Gasteiger partial charge is 0.369 e. The van der Waals surface area contributed by atoms with Crippen molar-refractivity contribution in [2.45, 2.75) is 24.8 Å². The van der Waals surface area contributed by atoms with Crippen LogP contribution in [0.25, 0.3) is 0 Å². The zero-order valence-electron chi connectivity index (χ0n) is 15.0. The van der Waals surface area contributed by atoms with Crippen molar-refractivity contribution in [2.24, 2.45) is 11.7 Å². The second-order valence-corrected chi connectivity index (χ2v) is 6.84. The minimum atomic E-state index is -4.70. The van der Waals surface area contributed by atoms with E-state index < -0.39 is 41.3 Å². The standard InChI is InChI=1S/C19H17F6N3O/c20-18(21,22)13-5-3-11(4-6-13)16(28-9-7-12(10-28)17(26)29)15-14(19(23,24)25)2-1-8-27-15/h1-6,8,12,16H,7,9-10H2,(H2,26,29)/t12?,16-/m0/s1. The van der Waals surface area contributed by atoms with Crippen molar-refractivity contribution in [1.29, 1.82) is 0 Å². The number of halogens is 6. The van der Waals surface area contributed by atoms with Crippen LogP contribution in [0.3, 0.4) is 0 Å². The highest BCUT2D eigenvalue weighted by molar-refractivity contribution is 5.77. The molecule has 1 aliphatic heterocycles. The van der Waals surface area contributed by atoms with Crippen LogP contribution in [0.5, 0.6) is 0 Å². The van der Waals surface area contributed by atoms with E-state index in [1.54, 1.807) is 4.90 Å². The number of hydrogen-bond acceptors (Lipinski definition) is 3. The van der Waals surface area contributed by atoms with Crippen molar-refractivity contribution in [1.82, 2.24) is 9.88 Å². The largest absolute Gasteiger partial charge is 0.418 e. The molecule has 29 heavy (non-hydrogen) atoms. The molecule has 0 radical (unpaired) electrons. The molecule has 1 unspecified atom stereocenters. The Balaban J connectivity index is 2.08. The molecule has 2 atom stereocenters. The number of aromatic nitrogens is 1. The lowest BCUT2D eigenvalue weighted by Crippen LogP contribution is -2.32. The second kappa shape index (κ2) is 7.66. The molecule has 0 spiro atoms. The molecule has 2 N–H and O–H groups in total. The molecule has 1 amide bonds. The van der Waals surface area contributed by atoms with Crippen LogP contribution in [0.1, 0.15) is 34.8 Å². The first kappa shape index (κ1) is 21.1. The molecule has 2 heterocycles. The maximum Gasteiger partial charge on any atom is 0.418 e. The molecule has 2 aromatic rings. The van der Waals surface area contributed by atoms with Gasteiger partial charge in [-0.1, -0.05) is 12.1 Å². The van der Waals surface area contributed by atoms with E-state index >= 15 is 0 Å². The fourth-order valence-electron chi connectivity index (χ4n) is 3.53. The summed E-state index contributed by atoms with van der Waals surface area (Å²) in [5.74, 6) is -1.12. The number of primary amides is 1. The van der Waals surface area contributed by atoms with Crippen LogP contribution in [-0.4, -0.2) is 28.9 Å². The summed E-state index contributed by atoms with van der Waals surface area (Å²) in [5.41, 5.74) is 3.32. The first-order chi connectivity index (χ1) is 13.5. The molecule has 4 nitrogen and oxygen atoms in total. The first-order valence-corrected chi connectivity index (χ1v) is 8.71. The van der Waals surface area contributed by atoms with Gasteiger partial charge in [0.1, 0.15) is 0 Å². The van der Waals surface area contributed by atoms with Crippen molar-refractivity contribution in [3.8, 4) is 0 Å². The Labute approximate surface area is 162 Å². The van der Waals surface area contributed by atoms with Gasteiger partial charge in [-0.15, -0.1) is 0 Å². The Kier molecular flexibility index (Phi) is 5.57. The molecular weight excluding hydrogens is 400 g/mol. The molecule has 1 fully saturated rings. The average molecular weight is 417 g/mol. The summed E-state index contributed by atoms with van der Waals surface area (Å²) < 4.78 is 79.3. The fourth-order valence-corrected chi connectivity index (χ4v) is 3.53. The number of hydrogen-bond donors (Lipinski definition) is 1. The number of nitrogens with two attached hydrogens (primary N) is 1. The van der Waals surface area contributed by atoms with E-state index in [-0.39, 0.29) is 24.3 Å². The Morgan fingerprint density at radius 3 is 2.24 bits per heavy atom. The van der Waals surface area contributed by atoms with Crippen molar-refractivity contribution >= 4 is 5.91 Å². The average Bonchev–Trinajstić information content (AvgIpc) is 3.11. The summed E-state index contributed by atoms with van der Waals surface area (Å²) in [7, 11) is 0. The molecule has 10 heteroatoms. The lowest BCUT2D eigenvalue weighted by Gasteiger charge is -2.30. The first-order valence-electron chi connectivity index (χ1n) is 8.71. The van der Waals surface area contributed by atoms with Crippen molar-refractivity contribution in [3.05, 3.63) is 65.0 Å². The van der Waals surface area contributed by atoms with Gasteiger partial charge < -0.3 is 5.73 Å². The number of benzene rings is 1. The summed E-state index contributed by atoms with van der Waals surface area (Å²) in [6.07, 6.45) is -7.72. The van der Waals surface area contributed by atoms with Crippen molar-refractivity contribution < 1.29 is 31.1 Å². The predicted molar refractivity (Wildman–Crippen MR) is 91.4 cm³/mol. The highest BCUT2D eigenvalue weighted by atomic mass is 19.4. The number of amides is 1. The molecule has 1 aliphatic rings. The topological polar surface area (TPSA) is 59.2 Å². The van der Waals surface area contributed by atoms with Crippen molar-refractivity contribution in [3.63, 3.8) is 0 Å². The monoisotopic (exact) mass is 417 g/mol. The zero-order chi connectivity index (χ0) is 21.4.